The van der Waals surface area contributed by atoms with E-state index in [0.29, 0.717) is 5.92 Å². The molecule has 10 heavy (non-hydrogen) atoms. The van der Waals surface area contributed by atoms with Crippen LogP contribution in [0.15, 0.2) is 0 Å². The van der Waals surface area contributed by atoms with E-state index in [4.69, 9.17) is 6.42 Å². The Kier molecular flexibility index (Phi) is 3.79. The molecule has 3 atom stereocenters. The van der Waals surface area contributed by atoms with E-state index in [1.54, 1.807) is 0 Å². The van der Waals surface area contributed by atoms with Crippen LogP contribution in [0.2, 0.25) is 0 Å². The van der Waals surface area contributed by atoms with Gasteiger partial charge in [-0.1, -0.05) is 20.8 Å². The van der Waals surface area contributed by atoms with Gasteiger partial charge in [0.1, 0.15) is 6.29 Å². The molecule has 0 fully saturated rings. The molecule has 0 aliphatic rings. The molecule has 0 spiro atoms. The number of rotatable bonds is 3. The zero-order valence-electron chi connectivity index (χ0n) is 6.79. The molecule has 56 valence electrons. The zero-order valence-corrected chi connectivity index (χ0v) is 6.79. The molecule has 0 aromatic rings. The smallest absolute Gasteiger partial charge is 0.123 e. The van der Waals surface area contributed by atoms with Crippen molar-refractivity contribution in [2.75, 3.05) is 0 Å². The Morgan fingerprint density at radius 3 is 2.20 bits per heavy atom. The molecule has 0 bridgehead atoms. The summed E-state index contributed by atoms with van der Waals surface area (Å²) in [5.41, 5.74) is 0. The van der Waals surface area contributed by atoms with Crippen LogP contribution in [0.5, 0.6) is 0 Å². The van der Waals surface area contributed by atoms with Crippen molar-refractivity contribution < 1.29 is 4.79 Å². The van der Waals surface area contributed by atoms with E-state index < -0.39 is 0 Å². The maximum Gasteiger partial charge on any atom is 0.123 e. The van der Waals surface area contributed by atoms with Crippen molar-refractivity contribution in [1.29, 1.82) is 0 Å². The van der Waals surface area contributed by atoms with Gasteiger partial charge in [-0.25, -0.2) is 0 Å². The normalized spacial score (nSPS) is 18.6. The third-order valence-corrected chi connectivity index (χ3v) is 2.10. The SMILES string of the molecule is C#C[C@H](C)[C@H](C)[C@@H](C)C=O. The second-order valence-electron chi connectivity index (χ2n) is 2.81. The molecule has 0 saturated carbocycles. The molecule has 1 heteroatoms. The number of aldehydes is 1. The van der Waals surface area contributed by atoms with Crippen LogP contribution in [0, 0.1) is 30.1 Å². The topological polar surface area (TPSA) is 17.1 Å². The highest BCUT2D eigenvalue weighted by atomic mass is 16.1. The summed E-state index contributed by atoms with van der Waals surface area (Å²) in [6, 6.07) is 0. The van der Waals surface area contributed by atoms with E-state index in [2.05, 4.69) is 5.92 Å². The average molecular weight is 138 g/mol. The second kappa shape index (κ2) is 4.11. The average Bonchev–Trinajstić information content (AvgIpc) is 2.00. The van der Waals surface area contributed by atoms with E-state index >= 15 is 0 Å². The molecule has 0 N–H and O–H groups in total. The Bertz CT molecular complexity index is 143. The van der Waals surface area contributed by atoms with Crippen molar-refractivity contribution >= 4 is 6.29 Å². The van der Waals surface area contributed by atoms with Crippen LogP contribution in [0.25, 0.3) is 0 Å². The minimum absolute atomic E-state index is 0.0750. The summed E-state index contributed by atoms with van der Waals surface area (Å²) >= 11 is 0. The molecule has 1 nitrogen and oxygen atoms in total. The largest absolute Gasteiger partial charge is 0.303 e. The molecule has 0 aromatic carbocycles. The number of hydrogen-bond acceptors (Lipinski definition) is 1. The predicted octanol–water partition coefficient (Wildman–Crippen LogP) is 1.73. The third-order valence-electron chi connectivity index (χ3n) is 2.10. The summed E-state index contributed by atoms with van der Waals surface area (Å²) in [6.45, 7) is 5.86. The molecule has 0 aromatic heterocycles. The van der Waals surface area contributed by atoms with Gasteiger partial charge in [0.15, 0.2) is 0 Å². The Morgan fingerprint density at radius 1 is 1.40 bits per heavy atom. The van der Waals surface area contributed by atoms with Gasteiger partial charge >= 0.3 is 0 Å². The Morgan fingerprint density at radius 2 is 1.90 bits per heavy atom. The Hall–Kier alpha value is -0.770. The summed E-state index contributed by atoms with van der Waals surface area (Å²) in [4.78, 5) is 10.3. The molecular weight excluding hydrogens is 124 g/mol. The lowest BCUT2D eigenvalue weighted by Crippen LogP contribution is -2.15. The number of carbonyl (C=O) groups excluding carboxylic acids is 1. The van der Waals surface area contributed by atoms with E-state index in [9.17, 15) is 4.79 Å². The van der Waals surface area contributed by atoms with Gasteiger partial charge < -0.3 is 4.79 Å². The lowest BCUT2D eigenvalue weighted by atomic mass is 9.86. The van der Waals surface area contributed by atoms with Gasteiger partial charge in [0, 0.05) is 11.8 Å². The van der Waals surface area contributed by atoms with Crippen molar-refractivity contribution in [3.8, 4) is 12.3 Å². The quantitative estimate of drug-likeness (QED) is 0.428. The highest BCUT2D eigenvalue weighted by molar-refractivity contribution is 5.53. The lowest BCUT2D eigenvalue weighted by Gasteiger charge is -2.16. The van der Waals surface area contributed by atoms with Crippen LogP contribution in [0.4, 0.5) is 0 Å². The van der Waals surface area contributed by atoms with Gasteiger partial charge in [-0.3, -0.25) is 0 Å². The van der Waals surface area contributed by atoms with Crippen molar-refractivity contribution in [3.63, 3.8) is 0 Å². The second-order valence-corrected chi connectivity index (χ2v) is 2.81. The molecule has 0 aliphatic carbocycles. The highest BCUT2D eigenvalue weighted by Crippen LogP contribution is 2.17. The maximum atomic E-state index is 10.3. The fourth-order valence-corrected chi connectivity index (χ4v) is 0.731. The summed E-state index contributed by atoms with van der Waals surface area (Å²) in [7, 11) is 0. The fraction of sp³-hybridized carbons (Fsp3) is 0.667. The molecular formula is C9H14O. The van der Waals surface area contributed by atoms with Gasteiger partial charge in [0.2, 0.25) is 0 Å². The van der Waals surface area contributed by atoms with E-state index in [-0.39, 0.29) is 11.8 Å². The fourth-order valence-electron chi connectivity index (χ4n) is 0.731. The van der Waals surface area contributed by atoms with Crippen molar-refractivity contribution in [2.24, 2.45) is 17.8 Å². The summed E-state index contributed by atoms with van der Waals surface area (Å²) in [6.07, 6.45) is 6.16. The first kappa shape index (κ1) is 9.23. The standard InChI is InChI=1S/C9H14O/c1-5-7(2)9(4)8(3)6-10/h1,6-9H,2-4H3/t7-,8-,9-/m0/s1. The van der Waals surface area contributed by atoms with Gasteiger partial charge in [0.25, 0.3) is 0 Å². The van der Waals surface area contributed by atoms with Gasteiger partial charge in [-0.2, -0.15) is 0 Å². The van der Waals surface area contributed by atoms with Crippen LogP contribution < -0.4 is 0 Å². The summed E-state index contributed by atoms with van der Waals surface area (Å²) in [5, 5.41) is 0. The first-order valence-corrected chi connectivity index (χ1v) is 3.55. The van der Waals surface area contributed by atoms with Gasteiger partial charge in [-0.05, 0) is 5.92 Å². The maximum absolute atomic E-state index is 10.3. The number of carbonyl (C=O) groups is 1. The first-order chi connectivity index (χ1) is 4.63. The van der Waals surface area contributed by atoms with Crippen LogP contribution in [0.3, 0.4) is 0 Å². The van der Waals surface area contributed by atoms with Crippen molar-refractivity contribution in [2.45, 2.75) is 20.8 Å². The lowest BCUT2D eigenvalue weighted by molar-refractivity contribution is -0.112. The van der Waals surface area contributed by atoms with Crippen molar-refractivity contribution in [3.05, 3.63) is 0 Å². The van der Waals surface area contributed by atoms with Gasteiger partial charge in [0.05, 0.1) is 0 Å². The number of hydrogen-bond donors (Lipinski definition) is 0. The Labute approximate surface area is 62.8 Å². The predicted molar refractivity (Wildman–Crippen MR) is 42.4 cm³/mol. The molecule has 0 heterocycles. The molecule has 0 amide bonds. The van der Waals surface area contributed by atoms with Crippen LogP contribution >= 0.6 is 0 Å². The molecule has 0 radical (unpaired) electrons. The number of terminal acetylenes is 1. The molecule has 0 aliphatic heterocycles. The highest BCUT2D eigenvalue weighted by Gasteiger charge is 2.15. The summed E-state index contributed by atoms with van der Waals surface area (Å²) in [5.74, 6) is 3.18. The molecule has 0 saturated heterocycles. The minimum Gasteiger partial charge on any atom is -0.303 e. The molecule has 0 rings (SSSR count). The molecule has 0 unspecified atom stereocenters. The third kappa shape index (κ3) is 2.23. The van der Waals surface area contributed by atoms with Crippen LogP contribution in [-0.2, 0) is 4.79 Å². The zero-order chi connectivity index (χ0) is 8.15. The first-order valence-electron chi connectivity index (χ1n) is 3.55. The van der Waals surface area contributed by atoms with Crippen molar-refractivity contribution in [1.82, 2.24) is 0 Å². The van der Waals surface area contributed by atoms with Crippen LogP contribution in [0.1, 0.15) is 20.8 Å². The van der Waals surface area contributed by atoms with E-state index in [0.717, 1.165) is 6.29 Å². The van der Waals surface area contributed by atoms with Crippen LogP contribution in [-0.4, -0.2) is 6.29 Å². The monoisotopic (exact) mass is 138 g/mol. The summed E-state index contributed by atoms with van der Waals surface area (Å²) < 4.78 is 0. The minimum atomic E-state index is 0.0750. The van der Waals surface area contributed by atoms with Gasteiger partial charge in [-0.15, -0.1) is 12.3 Å². The van der Waals surface area contributed by atoms with E-state index in [1.807, 2.05) is 20.8 Å². The van der Waals surface area contributed by atoms with E-state index in [1.165, 1.54) is 0 Å². The Balaban J connectivity index is 3.95.